The molecule has 4 heteroatoms. The van der Waals surface area contributed by atoms with Crippen LogP contribution in [-0.2, 0) is 9.53 Å². The van der Waals surface area contributed by atoms with Crippen molar-refractivity contribution >= 4 is 28.6 Å². The van der Waals surface area contributed by atoms with E-state index < -0.39 is 0 Å². The van der Waals surface area contributed by atoms with Crippen molar-refractivity contribution in [2.75, 3.05) is 13.2 Å². The summed E-state index contributed by atoms with van der Waals surface area (Å²) in [6.45, 7) is 4.80. The van der Waals surface area contributed by atoms with Crippen LogP contribution in [0.4, 0.5) is 0 Å². The van der Waals surface area contributed by atoms with Gasteiger partial charge < -0.3 is 4.74 Å². The molecule has 0 aliphatic carbocycles. The predicted octanol–water partition coefficient (Wildman–Crippen LogP) is 1.31. The maximum Gasteiger partial charge on any atom is 0.132 e. The Kier molecular flexibility index (Phi) is 7.20. The Morgan fingerprint density at radius 1 is 1.73 bits per heavy atom. The second-order valence-electron chi connectivity index (χ2n) is 2.54. The van der Waals surface area contributed by atoms with Crippen molar-refractivity contribution in [3.05, 3.63) is 0 Å². The highest BCUT2D eigenvalue weighted by Crippen LogP contribution is 1.89. The molecule has 1 unspecified atom stereocenters. The molecule has 11 heavy (non-hydrogen) atoms. The van der Waals surface area contributed by atoms with E-state index in [1.54, 1.807) is 6.92 Å². The van der Waals surface area contributed by atoms with Gasteiger partial charge in [0.1, 0.15) is 5.78 Å². The molecular weight excluding hydrogens is 257 g/mol. The highest BCUT2D eigenvalue weighted by molar-refractivity contribution is 14.1. The fourth-order valence-corrected chi connectivity index (χ4v) is 0.687. The summed E-state index contributed by atoms with van der Waals surface area (Å²) in [5.74, 6) is 0.181. The van der Waals surface area contributed by atoms with Crippen LogP contribution in [0, 0.1) is 0 Å². The Bertz CT molecular complexity index is 119. The largest absolute Gasteiger partial charge is 0.379 e. The molecule has 0 rings (SSSR count). The lowest BCUT2D eigenvalue weighted by molar-refractivity contribution is -0.118. The molecule has 0 bridgehead atoms. The van der Waals surface area contributed by atoms with Crippen molar-refractivity contribution in [3.63, 3.8) is 0 Å². The number of ether oxygens (including phenoxy) is 1. The Morgan fingerprint density at radius 2 is 2.36 bits per heavy atom. The normalized spacial score (nSPS) is 13.0. The van der Waals surface area contributed by atoms with Gasteiger partial charge in [0.05, 0.1) is 13.2 Å². The second-order valence-corrected chi connectivity index (χ2v) is 3.16. The third-order valence-corrected chi connectivity index (χ3v) is 2.22. The number of hydrogen-bond acceptors (Lipinski definition) is 3. The predicted molar refractivity (Wildman–Crippen MR) is 52.7 cm³/mol. The fourth-order valence-electron chi connectivity index (χ4n) is 0.508. The molecule has 0 spiro atoms. The van der Waals surface area contributed by atoms with Crippen LogP contribution < -0.4 is 3.53 Å². The number of halogens is 1. The minimum Gasteiger partial charge on any atom is -0.379 e. The van der Waals surface area contributed by atoms with Crippen LogP contribution in [0.2, 0.25) is 0 Å². The first-order valence-electron chi connectivity index (χ1n) is 3.60. The molecule has 0 aliphatic heterocycles. The van der Waals surface area contributed by atoms with Gasteiger partial charge in [-0.25, -0.2) is 0 Å². The molecule has 1 atom stereocenters. The van der Waals surface area contributed by atoms with Gasteiger partial charge in [-0.15, -0.1) is 0 Å². The minimum absolute atomic E-state index is 0.181. The van der Waals surface area contributed by atoms with Gasteiger partial charge in [0.2, 0.25) is 0 Å². The van der Waals surface area contributed by atoms with Crippen LogP contribution in [0.1, 0.15) is 20.3 Å². The molecule has 0 aromatic carbocycles. The summed E-state index contributed by atoms with van der Waals surface area (Å²) in [6, 6.07) is 0.350. The minimum atomic E-state index is 0.181. The molecule has 0 fully saturated rings. The number of hydrogen-bond donors (Lipinski definition) is 1. The molecule has 66 valence electrons. The van der Waals surface area contributed by atoms with Crippen molar-refractivity contribution in [2.24, 2.45) is 0 Å². The molecule has 0 saturated carbocycles. The van der Waals surface area contributed by atoms with Gasteiger partial charge in [-0.05, 0) is 13.8 Å². The molecule has 0 aromatic rings. The number of nitrogens with one attached hydrogen (secondary N) is 1. The number of Topliss-reactive ketones (excluding diaryl/α,β-unsaturated/α-hetero) is 1. The van der Waals surface area contributed by atoms with Gasteiger partial charge in [0.25, 0.3) is 0 Å². The SMILES string of the molecule is CC(=O)CCOCC(C)NI. The topological polar surface area (TPSA) is 38.3 Å². The first-order chi connectivity index (χ1) is 5.16. The van der Waals surface area contributed by atoms with Gasteiger partial charge >= 0.3 is 0 Å². The average Bonchev–Trinajstić information content (AvgIpc) is 1.97. The molecular formula is C7H14INO2. The number of carbonyl (C=O) groups excluding carboxylic acids is 1. The second kappa shape index (κ2) is 7.00. The van der Waals surface area contributed by atoms with E-state index in [1.807, 2.05) is 6.92 Å². The molecule has 3 nitrogen and oxygen atoms in total. The molecule has 0 radical (unpaired) electrons. The van der Waals surface area contributed by atoms with E-state index in [9.17, 15) is 4.79 Å². The fraction of sp³-hybridized carbons (Fsp3) is 0.857. The Balaban J connectivity index is 3.08. The van der Waals surface area contributed by atoms with Crippen LogP contribution in [0.3, 0.4) is 0 Å². The molecule has 0 aliphatic rings. The van der Waals surface area contributed by atoms with Crippen LogP contribution in [0.15, 0.2) is 0 Å². The maximum atomic E-state index is 10.5. The Hall–Kier alpha value is 0.320. The van der Waals surface area contributed by atoms with E-state index >= 15 is 0 Å². The lowest BCUT2D eigenvalue weighted by Crippen LogP contribution is -2.22. The molecule has 0 heterocycles. The van der Waals surface area contributed by atoms with E-state index in [0.29, 0.717) is 25.7 Å². The zero-order valence-electron chi connectivity index (χ0n) is 6.89. The first kappa shape index (κ1) is 11.3. The van der Waals surface area contributed by atoms with E-state index in [4.69, 9.17) is 4.74 Å². The zero-order chi connectivity index (χ0) is 8.69. The summed E-state index contributed by atoms with van der Waals surface area (Å²) in [7, 11) is 0. The van der Waals surface area contributed by atoms with Crippen molar-refractivity contribution in [2.45, 2.75) is 26.3 Å². The zero-order valence-corrected chi connectivity index (χ0v) is 9.05. The lowest BCUT2D eigenvalue weighted by Gasteiger charge is -2.08. The van der Waals surface area contributed by atoms with Gasteiger partial charge in [-0.3, -0.25) is 8.32 Å². The summed E-state index contributed by atoms with van der Waals surface area (Å²) < 4.78 is 8.22. The molecule has 0 aromatic heterocycles. The summed E-state index contributed by atoms with van der Waals surface area (Å²) >= 11 is 2.08. The van der Waals surface area contributed by atoms with E-state index in [2.05, 4.69) is 26.4 Å². The van der Waals surface area contributed by atoms with Crippen LogP contribution in [0.5, 0.6) is 0 Å². The van der Waals surface area contributed by atoms with Crippen molar-refractivity contribution in [3.8, 4) is 0 Å². The van der Waals surface area contributed by atoms with E-state index in [-0.39, 0.29) is 5.78 Å². The number of ketones is 1. The highest BCUT2D eigenvalue weighted by Gasteiger charge is 1.98. The van der Waals surface area contributed by atoms with Gasteiger partial charge in [0.15, 0.2) is 0 Å². The number of rotatable bonds is 6. The highest BCUT2D eigenvalue weighted by atomic mass is 127. The van der Waals surface area contributed by atoms with Crippen LogP contribution in [-0.4, -0.2) is 25.0 Å². The quantitative estimate of drug-likeness (QED) is 0.449. The van der Waals surface area contributed by atoms with Crippen LogP contribution in [0.25, 0.3) is 0 Å². The van der Waals surface area contributed by atoms with Crippen molar-refractivity contribution in [1.82, 2.24) is 3.53 Å². The molecule has 0 amide bonds. The third kappa shape index (κ3) is 8.22. The van der Waals surface area contributed by atoms with Gasteiger partial charge in [-0.1, -0.05) is 0 Å². The smallest absolute Gasteiger partial charge is 0.132 e. The van der Waals surface area contributed by atoms with Gasteiger partial charge in [0, 0.05) is 35.3 Å². The lowest BCUT2D eigenvalue weighted by atomic mass is 10.3. The van der Waals surface area contributed by atoms with Crippen LogP contribution >= 0.6 is 22.9 Å². The first-order valence-corrected chi connectivity index (χ1v) is 4.68. The summed E-state index contributed by atoms with van der Waals surface area (Å²) in [5, 5.41) is 0. The summed E-state index contributed by atoms with van der Waals surface area (Å²) in [4.78, 5) is 10.5. The standard InChI is InChI=1S/C7H14INO2/c1-6(9-8)5-11-4-3-7(2)10/h6,9H,3-5H2,1-2H3. The number of carbonyl (C=O) groups is 1. The molecule has 1 N–H and O–H groups in total. The molecule has 0 saturated heterocycles. The third-order valence-electron chi connectivity index (χ3n) is 1.15. The van der Waals surface area contributed by atoms with Crippen molar-refractivity contribution in [1.29, 1.82) is 0 Å². The summed E-state index contributed by atoms with van der Waals surface area (Å²) in [5.41, 5.74) is 0. The Labute approximate surface area is 81.4 Å². The summed E-state index contributed by atoms with van der Waals surface area (Å²) in [6.07, 6.45) is 0.522. The Morgan fingerprint density at radius 3 is 2.82 bits per heavy atom. The average molecular weight is 271 g/mol. The van der Waals surface area contributed by atoms with E-state index in [1.165, 1.54) is 0 Å². The monoisotopic (exact) mass is 271 g/mol. The van der Waals surface area contributed by atoms with E-state index in [0.717, 1.165) is 0 Å². The van der Waals surface area contributed by atoms with Gasteiger partial charge in [-0.2, -0.15) is 0 Å². The maximum absolute atomic E-state index is 10.5. The van der Waals surface area contributed by atoms with Crippen molar-refractivity contribution < 1.29 is 9.53 Å².